The average Bonchev–Trinajstić information content (AvgIpc) is 3.17. The van der Waals surface area contributed by atoms with Gasteiger partial charge in [-0.05, 0) is 49.4 Å². The summed E-state index contributed by atoms with van der Waals surface area (Å²) in [5.74, 6) is -0.0396. The van der Waals surface area contributed by atoms with E-state index in [1.54, 1.807) is 12.1 Å². The highest BCUT2D eigenvalue weighted by Gasteiger charge is 2.14. The molecule has 32 heavy (non-hydrogen) atoms. The van der Waals surface area contributed by atoms with Crippen LogP contribution >= 0.6 is 35.0 Å². The van der Waals surface area contributed by atoms with Crippen LogP contribution in [0.4, 0.5) is 10.1 Å². The standard InChI is InChI=1S/C21H20Cl2FN5O2S/c1-2-29-18(9-10-25-20(31)13-3-8-16(22)17(23)11-13)27-28-21(29)32-12-19(30)26-15-6-4-14(24)5-7-15/h3-8,11H,2,9-10,12H2,1H3,(H,25,31)(H,26,30). The Hall–Kier alpha value is -2.62. The zero-order valence-electron chi connectivity index (χ0n) is 17.1. The monoisotopic (exact) mass is 495 g/mol. The van der Waals surface area contributed by atoms with Crippen LogP contribution in [0.25, 0.3) is 0 Å². The summed E-state index contributed by atoms with van der Waals surface area (Å²) in [5, 5.41) is 15.2. The van der Waals surface area contributed by atoms with Gasteiger partial charge in [0.2, 0.25) is 5.91 Å². The van der Waals surface area contributed by atoms with Crippen LogP contribution in [-0.2, 0) is 17.8 Å². The zero-order valence-corrected chi connectivity index (χ0v) is 19.4. The highest BCUT2D eigenvalue weighted by atomic mass is 35.5. The van der Waals surface area contributed by atoms with E-state index in [2.05, 4.69) is 20.8 Å². The van der Waals surface area contributed by atoms with Gasteiger partial charge in [0, 0.05) is 30.8 Å². The van der Waals surface area contributed by atoms with Crippen molar-refractivity contribution < 1.29 is 14.0 Å². The normalized spacial score (nSPS) is 10.8. The van der Waals surface area contributed by atoms with Crippen LogP contribution in [0.3, 0.4) is 0 Å². The second-order valence-corrected chi connectivity index (χ2v) is 8.38. The Morgan fingerprint density at radius 2 is 1.84 bits per heavy atom. The minimum atomic E-state index is -0.367. The van der Waals surface area contributed by atoms with Gasteiger partial charge in [0.05, 0.1) is 15.8 Å². The summed E-state index contributed by atoms with van der Waals surface area (Å²) in [5.41, 5.74) is 0.937. The summed E-state index contributed by atoms with van der Waals surface area (Å²) < 4.78 is 14.9. The first-order valence-electron chi connectivity index (χ1n) is 9.71. The Bertz CT molecular complexity index is 1110. The zero-order chi connectivity index (χ0) is 23.1. The predicted octanol–water partition coefficient (Wildman–Crippen LogP) is 4.45. The van der Waals surface area contributed by atoms with Crippen molar-refractivity contribution >= 4 is 52.5 Å². The lowest BCUT2D eigenvalue weighted by atomic mass is 10.2. The van der Waals surface area contributed by atoms with Crippen LogP contribution in [0.15, 0.2) is 47.6 Å². The molecule has 168 valence electrons. The molecule has 0 atom stereocenters. The number of benzene rings is 2. The molecule has 0 aliphatic rings. The molecule has 2 amide bonds. The van der Waals surface area contributed by atoms with Crippen molar-refractivity contribution in [3.05, 3.63) is 69.7 Å². The smallest absolute Gasteiger partial charge is 0.251 e. The molecule has 1 heterocycles. The fraction of sp³-hybridized carbons (Fsp3) is 0.238. The average molecular weight is 496 g/mol. The largest absolute Gasteiger partial charge is 0.352 e. The minimum absolute atomic E-state index is 0.129. The van der Waals surface area contributed by atoms with Crippen molar-refractivity contribution in [1.29, 1.82) is 0 Å². The first kappa shape index (κ1) is 24.0. The molecule has 0 fully saturated rings. The second kappa shape index (κ2) is 11.3. The lowest BCUT2D eigenvalue weighted by molar-refractivity contribution is -0.113. The number of nitrogens with one attached hydrogen (secondary N) is 2. The molecule has 0 unspecified atom stereocenters. The number of rotatable bonds is 9. The highest BCUT2D eigenvalue weighted by Crippen LogP contribution is 2.22. The van der Waals surface area contributed by atoms with Gasteiger partial charge in [-0.3, -0.25) is 9.59 Å². The number of nitrogens with zero attached hydrogens (tertiary/aromatic N) is 3. The molecule has 0 bridgehead atoms. The molecule has 2 N–H and O–H groups in total. The molecule has 0 spiro atoms. The SMILES string of the molecule is CCn1c(CCNC(=O)c2ccc(Cl)c(Cl)c2)nnc1SCC(=O)Nc1ccc(F)cc1. The maximum absolute atomic E-state index is 13.0. The summed E-state index contributed by atoms with van der Waals surface area (Å²) in [6, 6.07) is 10.2. The van der Waals surface area contributed by atoms with Crippen LogP contribution in [-0.4, -0.2) is 38.9 Å². The quantitative estimate of drug-likeness (QED) is 0.428. The second-order valence-electron chi connectivity index (χ2n) is 6.62. The summed E-state index contributed by atoms with van der Waals surface area (Å²) >= 11 is 13.1. The van der Waals surface area contributed by atoms with E-state index in [-0.39, 0.29) is 23.4 Å². The Labute approximate surface area is 198 Å². The molecule has 1 aromatic heterocycles. The first-order valence-corrected chi connectivity index (χ1v) is 11.4. The number of halogens is 3. The van der Waals surface area contributed by atoms with Gasteiger partial charge in [0.1, 0.15) is 11.6 Å². The maximum atomic E-state index is 13.0. The van der Waals surface area contributed by atoms with E-state index in [1.807, 2.05) is 11.5 Å². The lowest BCUT2D eigenvalue weighted by Gasteiger charge is -2.09. The fourth-order valence-corrected chi connectivity index (χ4v) is 3.94. The summed E-state index contributed by atoms with van der Waals surface area (Å²) in [6.45, 7) is 2.92. The van der Waals surface area contributed by atoms with Gasteiger partial charge in [-0.1, -0.05) is 35.0 Å². The van der Waals surface area contributed by atoms with Crippen molar-refractivity contribution in [2.24, 2.45) is 0 Å². The summed E-state index contributed by atoms with van der Waals surface area (Å²) in [6.07, 6.45) is 0.468. The molecule has 0 saturated heterocycles. The molecule has 0 aliphatic carbocycles. The molecule has 7 nitrogen and oxygen atoms in total. The van der Waals surface area contributed by atoms with Crippen LogP contribution in [0.1, 0.15) is 23.1 Å². The van der Waals surface area contributed by atoms with Crippen LogP contribution in [0.2, 0.25) is 10.0 Å². The van der Waals surface area contributed by atoms with Crippen molar-refractivity contribution in [1.82, 2.24) is 20.1 Å². The van der Waals surface area contributed by atoms with Crippen molar-refractivity contribution in [2.45, 2.75) is 25.0 Å². The Kier molecular flexibility index (Phi) is 8.49. The van der Waals surface area contributed by atoms with Gasteiger partial charge in [-0.15, -0.1) is 10.2 Å². The maximum Gasteiger partial charge on any atom is 0.251 e. The van der Waals surface area contributed by atoms with Crippen LogP contribution < -0.4 is 10.6 Å². The summed E-state index contributed by atoms with van der Waals surface area (Å²) in [7, 11) is 0. The third-order valence-electron chi connectivity index (χ3n) is 4.39. The molecule has 3 rings (SSSR count). The van der Waals surface area contributed by atoms with Crippen molar-refractivity contribution in [2.75, 3.05) is 17.6 Å². The Morgan fingerprint density at radius 1 is 1.09 bits per heavy atom. The highest BCUT2D eigenvalue weighted by molar-refractivity contribution is 7.99. The van der Waals surface area contributed by atoms with E-state index in [4.69, 9.17) is 23.2 Å². The minimum Gasteiger partial charge on any atom is -0.352 e. The fourth-order valence-electron chi connectivity index (χ4n) is 2.82. The molecule has 3 aromatic rings. The molecular weight excluding hydrogens is 476 g/mol. The molecule has 0 radical (unpaired) electrons. The van der Waals surface area contributed by atoms with Crippen molar-refractivity contribution in [3.63, 3.8) is 0 Å². The summed E-state index contributed by atoms with van der Waals surface area (Å²) in [4.78, 5) is 24.4. The molecule has 2 aromatic carbocycles. The predicted molar refractivity (Wildman–Crippen MR) is 124 cm³/mol. The third-order valence-corrected chi connectivity index (χ3v) is 6.09. The number of thioether (sulfide) groups is 1. The number of anilines is 1. The van der Waals surface area contributed by atoms with Gasteiger partial charge in [-0.2, -0.15) is 0 Å². The number of carbonyl (C=O) groups excluding carboxylic acids is 2. The van der Waals surface area contributed by atoms with Gasteiger partial charge in [0.15, 0.2) is 5.16 Å². The van der Waals surface area contributed by atoms with E-state index in [9.17, 15) is 14.0 Å². The van der Waals surface area contributed by atoms with E-state index in [0.29, 0.717) is 51.8 Å². The van der Waals surface area contributed by atoms with Crippen molar-refractivity contribution in [3.8, 4) is 0 Å². The number of hydrogen-bond donors (Lipinski definition) is 2. The first-order chi connectivity index (χ1) is 15.4. The van der Waals surface area contributed by atoms with Gasteiger partial charge in [0.25, 0.3) is 5.91 Å². The number of aromatic nitrogens is 3. The Morgan fingerprint density at radius 3 is 2.53 bits per heavy atom. The van der Waals surface area contributed by atoms with Gasteiger partial charge >= 0.3 is 0 Å². The van der Waals surface area contributed by atoms with Crippen LogP contribution in [0, 0.1) is 5.82 Å². The number of carbonyl (C=O) groups is 2. The molecule has 0 saturated carbocycles. The lowest BCUT2D eigenvalue weighted by Crippen LogP contribution is -2.26. The van der Waals surface area contributed by atoms with Gasteiger partial charge < -0.3 is 15.2 Å². The van der Waals surface area contributed by atoms with E-state index in [1.165, 1.54) is 42.1 Å². The number of hydrogen-bond acceptors (Lipinski definition) is 5. The number of amides is 2. The van der Waals surface area contributed by atoms with E-state index >= 15 is 0 Å². The molecule has 0 aliphatic heterocycles. The van der Waals surface area contributed by atoms with E-state index < -0.39 is 0 Å². The van der Waals surface area contributed by atoms with Crippen LogP contribution in [0.5, 0.6) is 0 Å². The molecule has 11 heteroatoms. The third kappa shape index (κ3) is 6.44. The topological polar surface area (TPSA) is 88.9 Å². The molecular formula is C21H20Cl2FN5O2S. The Balaban J connectivity index is 1.51. The van der Waals surface area contributed by atoms with E-state index in [0.717, 1.165) is 0 Å². The van der Waals surface area contributed by atoms with Gasteiger partial charge in [-0.25, -0.2) is 4.39 Å².